The van der Waals surface area contributed by atoms with Crippen molar-refractivity contribution in [3.05, 3.63) is 70.5 Å². The Bertz CT molecular complexity index is 882. The summed E-state index contributed by atoms with van der Waals surface area (Å²) >= 11 is 0. The Labute approximate surface area is 170 Å². The molecule has 0 radical (unpaired) electrons. The molecule has 2 aromatic carbocycles. The average Bonchev–Trinajstić information content (AvgIpc) is 3.07. The van der Waals surface area contributed by atoms with E-state index in [-0.39, 0.29) is 30.2 Å². The molecule has 1 heterocycles. The molecule has 1 amide bonds. The van der Waals surface area contributed by atoms with Crippen molar-refractivity contribution >= 4 is 11.9 Å². The molecule has 1 saturated heterocycles. The van der Waals surface area contributed by atoms with E-state index in [1.807, 2.05) is 0 Å². The van der Waals surface area contributed by atoms with Crippen molar-refractivity contribution in [3.8, 4) is 0 Å². The molecule has 0 aromatic heterocycles. The number of hydrogen-bond donors (Lipinski definition) is 1. The Kier molecular flexibility index (Phi) is 6.64. The van der Waals surface area contributed by atoms with Crippen molar-refractivity contribution in [2.75, 3.05) is 13.7 Å². The summed E-state index contributed by atoms with van der Waals surface area (Å²) in [6.07, 6.45) is 0.684. The summed E-state index contributed by atoms with van der Waals surface area (Å²) in [7, 11) is 1.39. The Morgan fingerprint density at radius 3 is 2.55 bits per heavy atom. The molecule has 2 aromatic rings. The van der Waals surface area contributed by atoms with Crippen molar-refractivity contribution < 1.29 is 18.7 Å². The highest BCUT2D eigenvalue weighted by atomic mass is 19.1. The van der Waals surface area contributed by atoms with Gasteiger partial charge in [-0.05, 0) is 49.1 Å². The van der Waals surface area contributed by atoms with Gasteiger partial charge in [-0.25, -0.2) is 4.39 Å². The monoisotopic (exact) mass is 398 g/mol. The van der Waals surface area contributed by atoms with Gasteiger partial charge < -0.3 is 10.1 Å². The van der Waals surface area contributed by atoms with Crippen molar-refractivity contribution in [1.29, 1.82) is 0 Å². The smallest absolute Gasteiger partial charge is 0.323 e. The quantitative estimate of drug-likeness (QED) is 0.761. The van der Waals surface area contributed by atoms with E-state index in [0.717, 1.165) is 11.1 Å². The second kappa shape index (κ2) is 9.18. The van der Waals surface area contributed by atoms with Crippen LogP contribution in [-0.4, -0.2) is 42.5 Å². The Balaban J connectivity index is 1.65. The summed E-state index contributed by atoms with van der Waals surface area (Å²) in [6, 6.07) is 11.6. The van der Waals surface area contributed by atoms with E-state index in [4.69, 9.17) is 4.74 Å². The molecule has 29 heavy (non-hydrogen) atoms. The molecule has 3 rings (SSSR count). The van der Waals surface area contributed by atoms with E-state index in [2.05, 4.69) is 42.3 Å². The predicted octanol–water partition coefficient (Wildman–Crippen LogP) is 2.92. The number of rotatable bonds is 6. The molecule has 0 bridgehead atoms. The van der Waals surface area contributed by atoms with Crippen LogP contribution in [0.1, 0.15) is 28.7 Å². The summed E-state index contributed by atoms with van der Waals surface area (Å²) in [4.78, 5) is 26.8. The maximum absolute atomic E-state index is 13.0. The summed E-state index contributed by atoms with van der Waals surface area (Å²) in [6.45, 7) is 5.31. The fourth-order valence-electron chi connectivity index (χ4n) is 3.87. The molecule has 2 atom stereocenters. The van der Waals surface area contributed by atoms with Crippen LogP contribution in [0.5, 0.6) is 0 Å². The fourth-order valence-corrected chi connectivity index (χ4v) is 3.87. The van der Waals surface area contributed by atoms with Crippen LogP contribution in [0.3, 0.4) is 0 Å². The maximum atomic E-state index is 13.0. The van der Waals surface area contributed by atoms with Gasteiger partial charge in [0.2, 0.25) is 5.91 Å². The van der Waals surface area contributed by atoms with Crippen molar-refractivity contribution in [2.24, 2.45) is 0 Å². The minimum absolute atomic E-state index is 0.140. The van der Waals surface area contributed by atoms with Gasteiger partial charge in [0.15, 0.2) is 0 Å². The number of methoxy groups -OCH3 is 1. The zero-order chi connectivity index (χ0) is 21.0. The number of nitrogens with zero attached hydrogens (tertiary/aromatic N) is 1. The van der Waals surface area contributed by atoms with Crippen LogP contribution in [0.2, 0.25) is 0 Å². The third-order valence-electron chi connectivity index (χ3n) is 5.39. The zero-order valence-corrected chi connectivity index (χ0v) is 17.1. The minimum Gasteiger partial charge on any atom is -0.468 e. The lowest BCUT2D eigenvalue weighted by molar-refractivity contribution is -0.146. The van der Waals surface area contributed by atoms with Gasteiger partial charge in [0.05, 0.1) is 13.5 Å². The van der Waals surface area contributed by atoms with Crippen LogP contribution < -0.4 is 5.32 Å². The van der Waals surface area contributed by atoms with Gasteiger partial charge in [-0.3, -0.25) is 14.5 Å². The lowest BCUT2D eigenvalue weighted by atomic mass is 10.0. The van der Waals surface area contributed by atoms with Gasteiger partial charge in [0.25, 0.3) is 0 Å². The average molecular weight is 398 g/mol. The first-order valence-corrected chi connectivity index (χ1v) is 9.77. The van der Waals surface area contributed by atoms with E-state index in [1.165, 1.54) is 30.4 Å². The number of halogens is 1. The number of benzene rings is 2. The number of carbonyl (C=O) groups excluding carboxylic acids is 2. The molecule has 0 unspecified atom stereocenters. The Morgan fingerprint density at radius 2 is 1.90 bits per heavy atom. The second-order valence-electron chi connectivity index (χ2n) is 7.70. The topological polar surface area (TPSA) is 58.6 Å². The number of hydrogen-bond acceptors (Lipinski definition) is 4. The summed E-state index contributed by atoms with van der Waals surface area (Å²) in [5, 5.41) is 3.01. The number of nitrogens with one attached hydrogen (secondary N) is 1. The molecule has 1 aliphatic rings. The number of carbonyl (C=O) groups is 2. The molecular weight excluding hydrogens is 371 g/mol. The number of amides is 1. The minimum atomic E-state index is -0.392. The molecule has 0 spiro atoms. The van der Waals surface area contributed by atoms with E-state index in [1.54, 1.807) is 12.1 Å². The fraction of sp³-hybridized carbons (Fsp3) is 0.391. The number of likely N-dealkylation sites (tertiary alicyclic amines) is 1. The first-order valence-electron chi connectivity index (χ1n) is 9.77. The highest BCUT2D eigenvalue weighted by Crippen LogP contribution is 2.23. The predicted molar refractivity (Wildman–Crippen MR) is 109 cm³/mol. The Hall–Kier alpha value is -2.73. The summed E-state index contributed by atoms with van der Waals surface area (Å²) in [5.74, 6) is -0.753. The van der Waals surface area contributed by atoms with Gasteiger partial charge in [0.1, 0.15) is 11.9 Å². The first kappa shape index (κ1) is 21.0. The molecule has 1 aliphatic heterocycles. The zero-order valence-electron chi connectivity index (χ0n) is 17.1. The molecule has 1 N–H and O–H groups in total. The van der Waals surface area contributed by atoms with Gasteiger partial charge in [0, 0.05) is 19.1 Å². The third-order valence-corrected chi connectivity index (χ3v) is 5.39. The third kappa shape index (κ3) is 5.41. The molecule has 0 saturated carbocycles. The van der Waals surface area contributed by atoms with Gasteiger partial charge >= 0.3 is 5.97 Å². The van der Waals surface area contributed by atoms with Crippen LogP contribution >= 0.6 is 0 Å². The van der Waals surface area contributed by atoms with Gasteiger partial charge in [-0.15, -0.1) is 0 Å². The Morgan fingerprint density at radius 1 is 1.17 bits per heavy atom. The van der Waals surface area contributed by atoms with E-state index < -0.39 is 6.04 Å². The first-order chi connectivity index (χ1) is 13.9. The molecule has 1 fully saturated rings. The van der Waals surface area contributed by atoms with Crippen molar-refractivity contribution in [2.45, 2.75) is 45.3 Å². The van der Waals surface area contributed by atoms with Gasteiger partial charge in [-0.1, -0.05) is 35.9 Å². The largest absolute Gasteiger partial charge is 0.468 e. The summed E-state index contributed by atoms with van der Waals surface area (Å²) in [5.41, 5.74) is 4.28. The molecular formula is C23H27FN2O3. The lowest BCUT2D eigenvalue weighted by Gasteiger charge is -2.23. The second-order valence-corrected chi connectivity index (χ2v) is 7.70. The van der Waals surface area contributed by atoms with Crippen LogP contribution in [-0.2, 0) is 27.3 Å². The van der Waals surface area contributed by atoms with E-state index in [9.17, 15) is 14.0 Å². The molecule has 5 nitrogen and oxygen atoms in total. The van der Waals surface area contributed by atoms with Crippen LogP contribution in [0, 0.1) is 19.7 Å². The van der Waals surface area contributed by atoms with Crippen molar-refractivity contribution in [3.63, 3.8) is 0 Å². The number of aryl methyl sites for hydroxylation is 2. The number of ether oxygens (including phenoxy) is 1. The van der Waals surface area contributed by atoms with Crippen molar-refractivity contribution in [1.82, 2.24) is 10.2 Å². The molecule has 154 valence electrons. The van der Waals surface area contributed by atoms with Crippen LogP contribution in [0.15, 0.2) is 42.5 Å². The van der Waals surface area contributed by atoms with Crippen LogP contribution in [0.4, 0.5) is 4.39 Å². The van der Waals surface area contributed by atoms with E-state index >= 15 is 0 Å². The normalized spacial score (nSPS) is 19.2. The van der Waals surface area contributed by atoms with Gasteiger partial charge in [-0.2, -0.15) is 0 Å². The molecule has 6 heteroatoms. The van der Waals surface area contributed by atoms with E-state index in [0.29, 0.717) is 19.5 Å². The SMILES string of the molecule is COC(=O)[C@@H]1C[C@@H](NC(=O)Cc2ccc(F)cc2)CN1Cc1ccc(C)cc1C. The van der Waals surface area contributed by atoms with Crippen LogP contribution in [0.25, 0.3) is 0 Å². The number of esters is 1. The maximum Gasteiger partial charge on any atom is 0.323 e. The highest BCUT2D eigenvalue weighted by Gasteiger charge is 2.38. The lowest BCUT2D eigenvalue weighted by Crippen LogP contribution is -2.38. The highest BCUT2D eigenvalue weighted by molar-refractivity contribution is 5.80. The summed E-state index contributed by atoms with van der Waals surface area (Å²) < 4.78 is 18.0. The molecule has 0 aliphatic carbocycles. The standard InChI is InChI=1S/C23H27FN2O3/c1-15-4-7-18(16(2)10-15)13-26-14-20(12-21(26)23(28)29-3)25-22(27)11-17-5-8-19(24)9-6-17/h4-10,20-21H,11-14H2,1-3H3,(H,25,27)/t20-,21+/m1/s1.